The van der Waals surface area contributed by atoms with Gasteiger partial charge in [0.05, 0.1) is 4.48 Å². The molecular weight excluding hydrogens is 252 g/mol. The number of hydrogen-bond acceptors (Lipinski definition) is 4. The molecule has 1 aromatic rings. The van der Waals surface area contributed by atoms with Gasteiger partial charge in [-0.15, -0.1) is 10.2 Å². The van der Waals surface area contributed by atoms with E-state index in [1.54, 1.807) is 6.92 Å². The number of amides is 1. The maximum atomic E-state index is 11.6. The molecule has 1 aliphatic heterocycles. The van der Waals surface area contributed by atoms with Crippen molar-refractivity contribution in [3.05, 3.63) is 16.4 Å². The van der Waals surface area contributed by atoms with Gasteiger partial charge in [0.1, 0.15) is 6.33 Å². The standard InChI is InChI=1S/C7H7BrN4O2/c1-3-4(8)6(14)12(5(3)13)7-9-2-10-11-7/h2,6,14H,1H3,(H,9,10,11). The molecule has 6 nitrogen and oxygen atoms in total. The first-order valence-corrected chi connectivity index (χ1v) is 4.66. The van der Waals surface area contributed by atoms with Crippen LogP contribution in [0.4, 0.5) is 5.95 Å². The van der Waals surface area contributed by atoms with Crippen molar-refractivity contribution in [3.63, 3.8) is 0 Å². The van der Waals surface area contributed by atoms with Crippen molar-refractivity contribution in [3.8, 4) is 0 Å². The zero-order chi connectivity index (χ0) is 10.3. The topological polar surface area (TPSA) is 82.1 Å². The smallest absolute Gasteiger partial charge is 0.259 e. The molecule has 0 radical (unpaired) electrons. The number of anilines is 1. The summed E-state index contributed by atoms with van der Waals surface area (Å²) in [4.78, 5) is 15.4. The van der Waals surface area contributed by atoms with Crippen molar-refractivity contribution in [1.82, 2.24) is 15.2 Å². The second-order valence-electron chi connectivity index (χ2n) is 2.83. The van der Waals surface area contributed by atoms with Crippen molar-refractivity contribution in [2.24, 2.45) is 0 Å². The molecular formula is C7H7BrN4O2. The minimum absolute atomic E-state index is 0.233. The van der Waals surface area contributed by atoms with Crippen LogP contribution in [0.5, 0.6) is 0 Å². The number of carbonyl (C=O) groups is 1. The highest BCUT2D eigenvalue weighted by Gasteiger charge is 2.37. The number of aromatic amines is 1. The third kappa shape index (κ3) is 1.17. The molecule has 1 aliphatic rings. The van der Waals surface area contributed by atoms with Gasteiger partial charge in [-0.25, -0.2) is 4.90 Å². The molecule has 0 aromatic carbocycles. The number of halogens is 1. The van der Waals surface area contributed by atoms with Crippen LogP contribution >= 0.6 is 15.9 Å². The molecule has 0 saturated heterocycles. The summed E-state index contributed by atoms with van der Waals surface area (Å²) in [6.45, 7) is 1.63. The van der Waals surface area contributed by atoms with Crippen molar-refractivity contribution in [2.75, 3.05) is 4.90 Å². The molecule has 1 unspecified atom stereocenters. The number of H-pyrrole nitrogens is 1. The van der Waals surface area contributed by atoms with E-state index in [4.69, 9.17) is 0 Å². The highest BCUT2D eigenvalue weighted by atomic mass is 79.9. The number of nitrogens with one attached hydrogen (secondary N) is 1. The van der Waals surface area contributed by atoms with Gasteiger partial charge in [0.15, 0.2) is 6.23 Å². The second-order valence-corrected chi connectivity index (χ2v) is 3.69. The minimum Gasteiger partial charge on any atom is -0.368 e. The van der Waals surface area contributed by atoms with E-state index in [1.807, 2.05) is 0 Å². The van der Waals surface area contributed by atoms with Crippen molar-refractivity contribution in [2.45, 2.75) is 13.2 Å². The summed E-state index contributed by atoms with van der Waals surface area (Å²) in [5, 5.41) is 16.9. The number of aliphatic hydroxyl groups is 1. The predicted octanol–water partition coefficient (Wildman–Crippen LogP) is 0.139. The lowest BCUT2D eigenvalue weighted by Gasteiger charge is -2.17. The van der Waals surface area contributed by atoms with Gasteiger partial charge in [-0.05, 0) is 6.92 Å². The lowest BCUT2D eigenvalue weighted by Crippen LogP contribution is -2.35. The SMILES string of the molecule is CC1=C(Br)C(O)N(c2nnc[nH]2)C1=O. The molecule has 1 aromatic heterocycles. The van der Waals surface area contributed by atoms with Crippen LogP contribution in [0, 0.1) is 0 Å². The van der Waals surface area contributed by atoms with Crippen LogP contribution in [0.1, 0.15) is 6.92 Å². The van der Waals surface area contributed by atoms with E-state index >= 15 is 0 Å². The first-order valence-electron chi connectivity index (χ1n) is 3.87. The largest absolute Gasteiger partial charge is 0.368 e. The van der Waals surface area contributed by atoms with Gasteiger partial charge in [0.2, 0.25) is 5.95 Å². The van der Waals surface area contributed by atoms with Gasteiger partial charge in [0.25, 0.3) is 5.91 Å². The number of rotatable bonds is 1. The van der Waals surface area contributed by atoms with Crippen LogP contribution in [0.2, 0.25) is 0 Å². The molecule has 14 heavy (non-hydrogen) atoms. The second kappa shape index (κ2) is 3.18. The van der Waals surface area contributed by atoms with Gasteiger partial charge in [-0.3, -0.25) is 4.79 Å². The first-order chi connectivity index (χ1) is 6.63. The Morgan fingerprint density at radius 1 is 1.71 bits per heavy atom. The van der Waals surface area contributed by atoms with Crippen LogP contribution in [0.3, 0.4) is 0 Å². The Balaban J connectivity index is 2.39. The number of nitrogens with zero attached hydrogens (tertiary/aromatic N) is 3. The summed E-state index contributed by atoms with van der Waals surface area (Å²) >= 11 is 3.14. The van der Waals surface area contributed by atoms with Crippen molar-refractivity contribution < 1.29 is 9.90 Å². The van der Waals surface area contributed by atoms with Crippen LogP contribution in [-0.4, -0.2) is 32.4 Å². The molecule has 1 amide bonds. The summed E-state index contributed by atoms with van der Waals surface area (Å²) in [5.41, 5.74) is 0.467. The zero-order valence-electron chi connectivity index (χ0n) is 7.23. The molecule has 2 rings (SSSR count). The van der Waals surface area contributed by atoms with E-state index in [0.717, 1.165) is 4.90 Å². The minimum atomic E-state index is -1.02. The van der Waals surface area contributed by atoms with E-state index in [-0.39, 0.29) is 11.9 Å². The summed E-state index contributed by atoms with van der Waals surface area (Å²) in [7, 11) is 0. The molecule has 0 spiro atoms. The Morgan fingerprint density at radius 2 is 2.43 bits per heavy atom. The molecule has 74 valence electrons. The van der Waals surface area contributed by atoms with E-state index in [9.17, 15) is 9.90 Å². The van der Waals surface area contributed by atoms with E-state index in [1.165, 1.54) is 6.33 Å². The van der Waals surface area contributed by atoms with Gasteiger partial charge < -0.3 is 10.1 Å². The molecule has 0 fully saturated rings. The van der Waals surface area contributed by atoms with Crippen molar-refractivity contribution in [1.29, 1.82) is 0 Å². The summed E-state index contributed by atoms with van der Waals surface area (Å²) in [6, 6.07) is 0. The zero-order valence-corrected chi connectivity index (χ0v) is 8.82. The summed E-state index contributed by atoms with van der Waals surface area (Å²) in [6.07, 6.45) is 0.326. The fourth-order valence-corrected chi connectivity index (χ4v) is 1.60. The van der Waals surface area contributed by atoms with E-state index < -0.39 is 6.23 Å². The fourth-order valence-electron chi connectivity index (χ4n) is 1.23. The first kappa shape index (κ1) is 9.35. The highest BCUT2D eigenvalue weighted by molar-refractivity contribution is 9.11. The molecule has 7 heteroatoms. The lowest BCUT2D eigenvalue weighted by atomic mass is 10.3. The summed E-state index contributed by atoms with van der Waals surface area (Å²) in [5.74, 6) is -0.0579. The third-order valence-corrected chi connectivity index (χ3v) is 3.01. The Hall–Kier alpha value is -1.21. The fraction of sp³-hybridized carbons (Fsp3) is 0.286. The monoisotopic (exact) mass is 258 g/mol. The van der Waals surface area contributed by atoms with Gasteiger partial charge in [-0.2, -0.15) is 0 Å². The normalized spacial score (nSPS) is 22.4. The summed E-state index contributed by atoms with van der Waals surface area (Å²) < 4.78 is 0.457. The maximum Gasteiger partial charge on any atom is 0.259 e. The molecule has 2 N–H and O–H groups in total. The Kier molecular flexibility index (Phi) is 2.12. The number of aromatic nitrogens is 3. The van der Waals surface area contributed by atoms with Crippen LogP contribution in [-0.2, 0) is 4.79 Å². The molecule has 0 aliphatic carbocycles. The van der Waals surface area contributed by atoms with Crippen LogP contribution < -0.4 is 4.90 Å². The average Bonchev–Trinajstić information content (AvgIpc) is 2.73. The molecule has 2 heterocycles. The Morgan fingerprint density at radius 3 is 2.86 bits per heavy atom. The number of aliphatic hydroxyl groups excluding tert-OH is 1. The number of hydrogen-bond donors (Lipinski definition) is 2. The van der Waals surface area contributed by atoms with Crippen LogP contribution in [0.25, 0.3) is 0 Å². The Bertz CT molecular complexity index is 400. The number of carbonyl (C=O) groups excluding carboxylic acids is 1. The van der Waals surface area contributed by atoms with Crippen molar-refractivity contribution >= 4 is 27.8 Å². The molecule has 0 bridgehead atoms. The van der Waals surface area contributed by atoms with Crippen LogP contribution in [0.15, 0.2) is 16.4 Å². The highest BCUT2D eigenvalue weighted by Crippen LogP contribution is 2.30. The van der Waals surface area contributed by atoms with Gasteiger partial charge >= 0.3 is 0 Å². The molecule has 0 saturated carbocycles. The predicted molar refractivity (Wildman–Crippen MR) is 51.5 cm³/mol. The quantitative estimate of drug-likeness (QED) is 0.751. The van der Waals surface area contributed by atoms with Gasteiger partial charge in [0, 0.05) is 5.57 Å². The Labute approximate surface area is 87.8 Å². The van der Waals surface area contributed by atoms with E-state index in [2.05, 4.69) is 31.1 Å². The maximum absolute atomic E-state index is 11.6. The van der Waals surface area contributed by atoms with Gasteiger partial charge in [-0.1, -0.05) is 15.9 Å². The third-order valence-electron chi connectivity index (χ3n) is 2.00. The van der Waals surface area contributed by atoms with E-state index in [0.29, 0.717) is 10.1 Å². The average molecular weight is 259 g/mol. The molecule has 1 atom stereocenters. The lowest BCUT2D eigenvalue weighted by molar-refractivity contribution is -0.115.